The molecule has 1 unspecified atom stereocenters. The molecule has 0 spiro atoms. The van der Waals surface area contributed by atoms with Gasteiger partial charge in [-0.15, -0.1) is 0 Å². The molecule has 0 aliphatic rings. The average molecular weight is 246 g/mol. The van der Waals surface area contributed by atoms with Crippen LogP contribution in [0.15, 0.2) is 24.3 Å². The highest BCUT2D eigenvalue weighted by atomic mass is 14.9. The molecule has 98 valence electrons. The number of hydrogen-bond acceptors (Lipinski definition) is 3. The lowest BCUT2D eigenvalue weighted by Crippen LogP contribution is -2.38. The summed E-state index contributed by atoms with van der Waals surface area (Å²) >= 11 is 0. The molecule has 0 bridgehead atoms. The van der Waals surface area contributed by atoms with Crippen LogP contribution in [-0.2, 0) is 6.42 Å². The summed E-state index contributed by atoms with van der Waals surface area (Å²) < 4.78 is 0. The first kappa shape index (κ1) is 13.1. The molecule has 1 aromatic heterocycles. The third kappa shape index (κ3) is 3.31. The normalized spacial score (nSPS) is 13.3. The first-order chi connectivity index (χ1) is 8.66. The summed E-state index contributed by atoms with van der Waals surface area (Å²) in [5.41, 5.74) is 8.11. The van der Waals surface area contributed by atoms with Gasteiger partial charge in [0.05, 0.1) is 11.0 Å². The van der Waals surface area contributed by atoms with Crippen molar-refractivity contribution < 1.29 is 0 Å². The minimum Gasteiger partial charge on any atom is -0.342 e. The van der Waals surface area contributed by atoms with Crippen molar-refractivity contribution in [3.05, 3.63) is 30.1 Å². The zero-order chi connectivity index (χ0) is 13.0. The monoisotopic (exact) mass is 246 g/mol. The molecule has 4 N–H and O–H groups in total. The highest BCUT2D eigenvalue weighted by Crippen LogP contribution is 2.10. The number of hydrogen-bond donors (Lipinski definition) is 3. The van der Waals surface area contributed by atoms with Crippen LogP contribution >= 0.6 is 0 Å². The number of nitrogens with two attached hydrogens (primary N) is 1. The predicted molar refractivity (Wildman–Crippen MR) is 75.5 cm³/mol. The van der Waals surface area contributed by atoms with Crippen LogP contribution in [0.25, 0.3) is 11.0 Å². The van der Waals surface area contributed by atoms with E-state index in [9.17, 15) is 0 Å². The lowest BCUT2D eigenvalue weighted by Gasteiger charge is -2.15. The number of aromatic amines is 1. The Balaban J connectivity index is 1.80. The molecule has 1 heterocycles. The minimum absolute atomic E-state index is 0.223. The van der Waals surface area contributed by atoms with Crippen molar-refractivity contribution in [2.75, 3.05) is 13.1 Å². The maximum Gasteiger partial charge on any atom is 0.108 e. The molecule has 0 aliphatic heterocycles. The average Bonchev–Trinajstić information content (AvgIpc) is 2.76. The van der Waals surface area contributed by atoms with Gasteiger partial charge in [0.15, 0.2) is 0 Å². The van der Waals surface area contributed by atoms with Gasteiger partial charge in [-0.25, -0.2) is 4.98 Å². The standard InChI is InChI=1S/C14H22N4/c1-10(2)11(15)9-16-8-7-14-17-12-5-3-4-6-13(12)18-14/h3-6,10-11,16H,7-9,15H2,1-2H3,(H,17,18). The molecular formula is C14H22N4. The minimum atomic E-state index is 0.223. The van der Waals surface area contributed by atoms with Gasteiger partial charge in [0.25, 0.3) is 0 Å². The number of rotatable bonds is 6. The summed E-state index contributed by atoms with van der Waals surface area (Å²) in [6.07, 6.45) is 0.902. The van der Waals surface area contributed by atoms with Crippen LogP contribution in [0, 0.1) is 5.92 Å². The molecule has 0 fully saturated rings. The van der Waals surface area contributed by atoms with Gasteiger partial charge in [-0.1, -0.05) is 26.0 Å². The molecule has 4 heteroatoms. The molecule has 0 saturated carbocycles. The van der Waals surface area contributed by atoms with E-state index in [1.165, 1.54) is 0 Å². The number of fused-ring (bicyclic) bond motifs is 1. The van der Waals surface area contributed by atoms with E-state index in [1.54, 1.807) is 0 Å². The van der Waals surface area contributed by atoms with E-state index in [4.69, 9.17) is 5.73 Å². The van der Waals surface area contributed by atoms with Crippen LogP contribution in [0.4, 0.5) is 0 Å². The van der Waals surface area contributed by atoms with E-state index in [-0.39, 0.29) is 6.04 Å². The number of aromatic nitrogens is 2. The summed E-state index contributed by atoms with van der Waals surface area (Å²) in [6, 6.07) is 8.32. The van der Waals surface area contributed by atoms with Crippen LogP contribution in [0.3, 0.4) is 0 Å². The topological polar surface area (TPSA) is 66.7 Å². The van der Waals surface area contributed by atoms with Crippen molar-refractivity contribution >= 4 is 11.0 Å². The van der Waals surface area contributed by atoms with Crippen LogP contribution in [-0.4, -0.2) is 29.1 Å². The smallest absolute Gasteiger partial charge is 0.108 e. The molecule has 18 heavy (non-hydrogen) atoms. The number of H-pyrrole nitrogens is 1. The maximum atomic E-state index is 5.97. The van der Waals surface area contributed by atoms with Gasteiger partial charge >= 0.3 is 0 Å². The fourth-order valence-electron chi connectivity index (χ4n) is 1.84. The van der Waals surface area contributed by atoms with E-state index in [1.807, 2.05) is 24.3 Å². The zero-order valence-electron chi connectivity index (χ0n) is 11.1. The van der Waals surface area contributed by atoms with Crippen molar-refractivity contribution in [2.45, 2.75) is 26.3 Å². The summed E-state index contributed by atoms with van der Waals surface area (Å²) in [5, 5.41) is 3.37. The van der Waals surface area contributed by atoms with E-state index in [0.29, 0.717) is 5.92 Å². The molecule has 0 aliphatic carbocycles. The Morgan fingerprint density at radius 3 is 2.83 bits per heavy atom. The van der Waals surface area contributed by atoms with E-state index < -0.39 is 0 Å². The summed E-state index contributed by atoms with van der Waals surface area (Å²) in [7, 11) is 0. The van der Waals surface area contributed by atoms with Crippen LogP contribution in [0.1, 0.15) is 19.7 Å². The van der Waals surface area contributed by atoms with Gasteiger partial charge in [-0.3, -0.25) is 0 Å². The Hall–Kier alpha value is -1.39. The highest BCUT2D eigenvalue weighted by Gasteiger charge is 2.06. The Labute approximate surface area is 108 Å². The summed E-state index contributed by atoms with van der Waals surface area (Å²) in [5.74, 6) is 1.55. The Kier molecular flexibility index (Phi) is 4.33. The fraction of sp³-hybridized carbons (Fsp3) is 0.500. The molecule has 2 rings (SSSR count). The lowest BCUT2D eigenvalue weighted by atomic mass is 10.1. The molecule has 1 aromatic carbocycles. The van der Waals surface area contributed by atoms with E-state index in [2.05, 4.69) is 29.1 Å². The Bertz CT molecular complexity index is 456. The second-order valence-corrected chi connectivity index (χ2v) is 5.06. The largest absolute Gasteiger partial charge is 0.342 e. The number of benzene rings is 1. The summed E-state index contributed by atoms with van der Waals surface area (Å²) in [4.78, 5) is 7.86. The molecule has 0 amide bonds. The van der Waals surface area contributed by atoms with Crippen LogP contribution in [0.2, 0.25) is 0 Å². The van der Waals surface area contributed by atoms with E-state index in [0.717, 1.165) is 36.4 Å². The zero-order valence-corrected chi connectivity index (χ0v) is 11.1. The number of nitrogens with zero attached hydrogens (tertiary/aromatic N) is 1. The van der Waals surface area contributed by atoms with Crippen molar-refractivity contribution in [1.82, 2.24) is 15.3 Å². The van der Waals surface area contributed by atoms with Gasteiger partial charge in [0, 0.05) is 25.6 Å². The van der Waals surface area contributed by atoms with Gasteiger partial charge < -0.3 is 16.0 Å². The number of para-hydroxylation sites is 2. The Morgan fingerprint density at radius 1 is 1.33 bits per heavy atom. The molecule has 1 atom stereocenters. The van der Waals surface area contributed by atoms with Crippen molar-refractivity contribution in [1.29, 1.82) is 0 Å². The van der Waals surface area contributed by atoms with E-state index >= 15 is 0 Å². The van der Waals surface area contributed by atoms with Gasteiger partial charge in [0.1, 0.15) is 5.82 Å². The van der Waals surface area contributed by atoms with Crippen molar-refractivity contribution in [3.63, 3.8) is 0 Å². The van der Waals surface area contributed by atoms with Crippen LogP contribution < -0.4 is 11.1 Å². The molecular weight excluding hydrogens is 224 g/mol. The first-order valence-corrected chi connectivity index (χ1v) is 6.56. The van der Waals surface area contributed by atoms with Crippen LogP contribution in [0.5, 0.6) is 0 Å². The van der Waals surface area contributed by atoms with Gasteiger partial charge in [-0.2, -0.15) is 0 Å². The number of imidazole rings is 1. The third-order valence-corrected chi connectivity index (χ3v) is 3.21. The quantitative estimate of drug-likeness (QED) is 0.679. The third-order valence-electron chi connectivity index (χ3n) is 3.21. The second kappa shape index (κ2) is 5.98. The summed E-state index contributed by atoms with van der Waals surface area (Å²) in [6.45, 7) is 6.05. The molecule has 0 radical (unpaired) electrons. The molecule has 4 nitrogen and oxygen atoms in total. The molecule has 0 saturated heterocycles. The van der Waals surface area contributed by atoms with Crippen molar-refractivity contribution in [2.24, 2.45) is 11.7 Å². The molecule has 2 aromatic rings. The van der Waals surface area contributed by atoms with Gasteiger partial charge in [0.2, 0.25) is 0 Å². The fourth-order valence-corrected chi connectivity index (χ4v) is 1.84. The maximum absolute atomic E-state index is 5.97. The predicted octanol–water partition coefficient (Wildman–Crippen LogP) is 1.68. The Morgan fingerprint density at radius 2 is 2.11 bits per heavy atom. The lowest BCUT2D eigenvalue weighted by molar-refractivity contribution is 0.459. The van der Waals surface area contributed by atoms with Gasteiger partial charge in [-0.05, 0) is 18.1 Å². The SMILES string of the molecule is CC(C)C(N)CNCCc1nc2ccccc2[nH]1. The first-order valence-electron chi connectivity index (χ1n) is 6.56. The number of nitrogens with one attached hydrogen (secondary N) is 2. The highest BCUT2D eigenvalue weighted by molar-refractivity contribution is 5.74. The van der Waals surface area contributed by atoms with Crippen molar-refractivity contribution in [3.8, 4) is 0 Å². The second-order valence-electron chi connectivity index (χ2n) is 5.06.